The van der Waals surface area contributed by atoms with Gasteiger partial charge in [-0.15, -0.1) is 0 Å². The first-order valence-corrected chi connectivity index (χ1v) is 7.87. The van der Waals surface area contributed by atoms with Crippen LogP contribution < -0.4 is 10.6 Å². The molecule has 1 aromatic carbocycles. The minimum atomic E-state index is -0.253. The van der Waals surface area contributed by atoms with E-state index in [0.29, 0.717) is 11.1 Å². The van der Waals surface area contributed by atoms with Crippen LogP contribution in [0, 0.1) is 5.92 Å². The van der Waals surface area contributed by atoms with Crippen LogP contribution >= 0.6 is 11.6 Å². The molecular weight excluding hydrogens is 272 g/mol. The van der Waals surface area contributed by atoms with Gasteiger partial charge in [-0.2, -0.15) is 0 Å². The zero-order chi connectivity index (χ0) is 13.9. The maximum Gasteiger partial charge on any atom is 0.235 e. The molecule has 4 rings (SSSR count). The quantitative estimate of drug-likeness (QED) is 0.832. The van der Waals surface area contributed by atoms with Gasteiger partial charge in [-0.1, -0.05) is 24.6 Å². The second-order valence-electron chi connectivity index (χ2n) is 6.60. The Bertz CT molecular complexity index is 586. The van der Waals surface area contributed by atoms with Gasteiger partial charge in [0, 0.05) is 6.04 Å². The molecule has 0 radical (unpaired) electrons. The fourth-order valence-electron chi connectivity index (χ4n) is 3.59. The number of halogens is 1. The molecule has 2 N–H and O–H groups in total. The van der Waals surface area contributed by atoms with Crippen LogP contribution in [0.4, 0.5) is 5.69 Å². The van der Waals surface area contributed by atoms with Crippen LogP contribution in [-0.4, -0.2) is 12.5 Å². The summed E-state index contributed by atoms with van der Waals surface area (Å²) in [7, 11) is 0. The molecule has 1 aromatic rings. The zero-order valence-corrected chi connectivity index (χ0v) is 12.4. The Balaban J connectivity index is 1.72. The predicted molar refractivity (Wildman–Crippen MR) is 80.1 cm³/mol. The number of carbonyl (C=O) groups excluding carboxylic acids is 1. The Labute approximate surface area is 124 Å². The lowest BCUT2D eigenvalue weighted by Crippen LogP contribution is -2.32. The van der Waals surface area contributed by atoms with Crippen molar-refractivity contribution in [2.45, 2.75) is 44.1 Å². The van der Waals surface area contributed by atoms with Crippen LogP contribution in [-0.2, 0) is 10.2 Å². The van der Waals surface area contributed by atoms with E-state index >= 15 is 0 Å². The number of amides is 1. The second-order valence-corrected chi connectivity index (χ2v) is 7.01. The monoisotopic (exact) mass is 290 g/mol. The lowest BCUT2D eigenvalue weighted by molar-refractivity contribution is -0.117. The molecule has 2 aliphatic heterocycles. The van der Waals surface area contributed by atoms with E-state index < -0.39 is 0 Å². The maximum absolute atomic E-state index is 12.1. The van der Waals surface area contributed by atoms with Gasteiger partial charge < -0.3 is 10.6 Å². The third kappa shape index (κ3) is 1.73. The number of benzene rings is 1. The molecule has 2 heterocycles. The van der Waals surface area contributed by atoms with Crippen LogP contribution in [0.15, 0.2) is 12.1 Å². The highest BCUT2D eigenvalue weighted by atomic mass is 35.5. The van der Waals surface area contributed by atoms with Crippen molar-refractivity contribution in [3.8, 4) is 0 Å². The molecule has 4 heteroatoms. The van der Waals surface area contributed by atoms with Crippen molar-refractivity contribution < 1.29 is 4.79 Å². The van der Waals surface area contributed by atoms with Gasteiger partial charge in [-0.05, 0) is 55.3 Å². The van der Waals surface area contributed by atoms with Crippen molar-refractivity contribution in [2.75, 3.05) is 11.9 Å². The first kappa shape index (κ1) is 12.7. The van der Waals surface area contributed by atoms with E-state index in [9.17, 15) is 4.79 Å². The highest BCUT2D eigenvalue weighted by Gasteiger charge is 2.56. The average Bonchev–Trinajstić information content (AvgIpc) is 3.17. The highest BCUT2D eigenvalue weighted by Crippen LogP contribution is 2.57. The molecule has 1 spiro atoms. The lowest BCUT2D eigenvalue weighted by atomic mass is 9.89. The van der Waals surface area contributed by atoms with E-state index in [1.165, 1.54) is 12.0 Å². The highest BCUT2D eigenvalue weighted by molar-refractivity contribution is 6.35. The molecule has 20 heavy (non-hydrogen) atoms. The molecule has 1 amide bonds. The van der Waals surface area contributed by atoms with Gasteiger partial charge in [0.2, 0.25) is 5.91 Å². The number of hydrogen-bond donors (Lipinski definition) is 2. The van der Waals surface area contributed by atoms with Gasteiger partial charge in [-0.3, -0.25) is 4.79 Å². The summed E-state index contributed by atoms with van der Waals surface area (Å²) < 4.78 is 0. The minimum Gasteiger partial charge on any atom is -0.324 e. The molecule has 3 aliphatic rings. The van der Waals surface area contributed by atoms with Crippen LogP contribution in [0.25, 0.3) is 0 Å². The molecule has 1 unspecified atom stereocenters. The van der Waals surface area contributed by atoms with Gasteiger partial charge in [0.1, 0.15) is 0 Å². The summed E-state index contributed by atoms with van der Waals surface area (Å²) in [5, 5.41) is 7.25. The Kier molecular flexibility index (Phi) is 2.67. The van der Waals surface area contributed by atoms with Crippen LogP contribution in [0.3, 0.4) is 0 Å². The van der Waals surface area contributed by atoms with Crippen molar-refractivity contribution in [1.29, 1.82) is 0 Å². The van der Waals surface area contributed by atoms with Crippen molar-refractivity contribution in [1.82, 2.24) is 5.32 Å². The van der Waals surface area contributed by atoms with E-state index in [-0.39, 0.29) is 11.3 Å². The van der Waals surface area contributed by atoms with Crippen molar-refractivity contribution in [3.05, 3.63) is 28.3 Å². The summed E-state index contributed by atoms with van der Waals surface area (Å²) in [4.78, 5) is 12.1. The normalized spacial score (nSPS) is 30.2. The van der Waals surface area contributed by atoms with E-state index in [1.807, 2.05) is 6.07 Å². The Morgan fingerprint density at radius 2 is 2.10 bits per heavy atom. The van der Waals surface area contributed by atoms with Crippen LogP contribution in [0.2, 0.25) is 5.02 Å². The Morgan fingerprint density at radius 3 is 2.75 bits per heavy atom. The third-order valence-corrected chi connectivity index (χ3v) is 5.41. The summed E-state index contributed by atoms with van der Waals surface area (Å²) in [6.45, 7) is 3.34. The second kappa shape index (κ2) is 4.22. The number of piperidine rings is 1. The molecule has 1 saturated heterocycles. The lowest BCUT2D eigenvalue weighted by Gasteiger charge is -2.28. The van der Waals surface area contributed by atoms with Crippen molar-refractivity contribution in [2.24, 2.45) is 5.92 Å². The van der Waals surface area contributed by atoms with Crippen molar-refractivity contribution >= 4 is 23.2 Å². The van der Waals surface area contributed by atoms with Crippen molar-refractivity contribution in [3.63, 3.8) is 0 Å². The fourth-order valence-corrected chi connectivity index (χ4v) is 3.87. The molecule has 2 fully saturated rings. The standard InChI is InChI=1S/C16H19ClN2O/c1-9-2-3-13(18-8-9)10-6-11-14(12(17)7-10)19-15(20)16(11)4-5-16/h6-7,9,13,18H,2-5,8H2,1H3,(H,19,20)/t9-,13?/m0/s1. The smallest absolute Gasteiger partial charge is 0.235 e. The van der Waals surface area contributed by atoms with Gasteiger partial charge in [0.25, 0.3) is 0 Å². The topological polar surface area (TPSA) is 41.1 Å². The van der Waals surface area contributed by atoms with E-state index in [1.54, 1.807) is 0 Å². The van der Waals surface area contributed by atoms with E-state index in [0.717, 1.165) is 43.0 Å². The SMILES string of the molecule is C[C@H]1CCC(c2cc(Cl)c3c(c2)C2(CC2)C(=O)N3)NC1. The van der Waals surface area contributed by atoms with E-state index in [2.05, 4.69) is 23.6 Å². The summed E-state index contributed by atoms with van der Waals surface area (Å²) >= 11 is 6.40. The number of nitrogens with one attached hydrogen (secondary N) is 2. The number of carbonyl (C=O) groups is 1. The van der Waals surface area contributed by atoms with Gasteiger partial charge >= 0.3 is 0 Å². The molecule has 3 nitrogen and oxygen atoms in total. The number of anilines is 1. The third-order valence-electron chi connectivity index (χ3n) is 5.11. The molecule has 106 valence electrons. The molecule has 2 atom stereocenters. The largest absolute Gasteiger partial charge is 0.324 e. The van der Waals surface area contributed by atoms with Crippen LogP contribution in [0.1, 0.15) is 49.8 Å². The minimum absolute atomic E-state index is 0.136. The molecule has 0 aromatic heterocycles. The average molecular weight is 291 g/mol. The van der Waals surface area contributed by atoms with Gasteiger partial charge in [0.05, 0.1) is 16.1 Å². The molecule has 0 bridgehead atoms. The van der Waals surface area contributed by atoms with E-state index in [4.69, 9.17) is 11.6 Å². The number of hydrogen-bond acceptors (Lipinski definition) is 2. The van der Waals surface area contributed by atoms with Gasteiger partial charge in [-0.25, -0.2) is 0 Å². The van der Waals surface area contributed by atoms with Gasteiger partial charge in [0.15, 0.2) is 0 Å². The Hall–Kier alpha value is -1.06. The Morgan fingerprint density at radius 1 is 1.30 bits per heavy atom. The first-order valence-electron chi connectivity index (χ1n) is 7.49. The summed E-state index contributed by atoms with van der Waals surface area (Å²) in [5.41, 5.74) is 2.97. The molecule has 1 aliphatic carbocycles. The summed E-state index contributed by atoms with van der Waals surface area (Å²) in [5.74, 6) is 0.881. The van der Waals surface area contributed by atoms with Crippen LogP contribution in [0.5, 0.6) is 0 Å². The predicted octanol–water partition coefficient (Wildman–Crippen LogP) is 3.38. The summed E-state index contributed by atoms with van der Waals surface area (Å²) in [6, 6.07) is 4.61. The zero-order valence-electron chi connectivity index (χ0n) is 11.6. The number of fused-ring (bicyclic) bond motifs is 2. The first-order chi connectivity index (χ1) is 9.60. The fraction of sp³-hybridized carbons (Fsp3) is 0.562. The molecular formula is C16H19ClN2O. The summed E-state index contributed by atoms with van der Waals surface area (Å²) in [6.07, 6.45) is 4.31. The maximum atomic E-state index is 12.1. The molecule has 1 saturated carbocycles. The number of rotatable bonds is 1.